The van der Waals surface area contributed by atoms with Crippen molar-refractivity contribution in [1.29, 1.82) is 0 Å². The Kier molecular flexibility index (Phi) is 5.54. The number of halogens is 1. The molecule has 1 atom stereocenters. The minimum Gasteiger partial charge on any atom is -0.273 e. The molecular formula is C27H23ClN4O2. The van der Waals surface area contributed by atoms with Gasteiger partial charge in [0.25, 0.3) is 5.56 Å². The smallest absolute Gasteiger partial charge is 0.273 e. The third kappa shape index (κ3) is 3.90. The summed E-state index contributed by atoms with van der Waals surface area (Å²) in [6.45, 7) is 6.36. The van der Waals surface area contributed by atoms with E-state index in [2.05, 4.69) is 71.3 Å². The molecule has 2 heterocycles. The maximum Gasteiger partial charge on any atom is 0.334 e. The van der Waals surface area contributed by atoms with Crippen LogP contribution in [-0.4, -0.2) is 19.5 Å². The van der Waals surface area contributed by atoms with Gasteiger partial charge in [0.2, 0.25) is 5.28 Å². The van der Waals surface area contributed by atoms with Gasteiger partial charge in [0, 0.05) is 23.9 Å². The Hall–Kier alpha value is -3.77. The lowest BCUT2D eigenvalue weighted by Gasteiger charge is -2.22. The standard InChI is InChI=1S/C27H23ClN4O2/c1-15(2)17-7-9-21-19(13-17)6-5-18-12-16(3)4-8-20(18)24(21)22-14-32(27(34)31-25(22)33)23-10-11-29-26(28)30-23/h4-15,24H,1-3H3,(H,31,33,34). The highest BCUT2D eigenvalue weighted by Crippen LogP contribution is 2.39. The van der Waals surface area contributed by atoms with E-state index in [0.29, 0.717) is 11.5 Å². The zero-order valence-corrected chi connectivity index (χ0v) is 19.8. The Labute approximate surface area is 201 Å². The summed E-state index contributed by atoms with van der Waals surface area (Å²) in [5, 5.41) is 0.0168. The van der Waals surface area contributed by atoms with E-state index >= 15 is 0 Å². The molecule has 4 aromatic rings. The second kappa shape index (κ2) is 8.54. The minimum absolute atomic E-state index is 0.0168. The molecule has 1 aliphatic carbocycles. The summed E-state index contributed by atoms with van der Waals surface area (Å²) in [4.78, 5) is 36.4. The predicted molar refractivity (Wildman–Crippen MR) is 135 cm³/mol. The number of rotatable bonds is 3. The number of hydrogen-bond acceptors (Lipinski definition) is 4. The fraction of sp³-hybridized carbons (Fsp3) is 0.185. The molecule has 34 heavy (non-hydrogen) atoms. The molecule has 1 unspecified atom stereocenters. The summed E-state index contributed by atoms with van der Waals surface area (Å²) in [5.41, 5.74) is 5.86. The molecule has 0 bridgehead atoms. The van der Waals surface area contributed by atoms with Gasteiger partial charge in [0.15, 0.2) is 0 Å². The highest BCUT2D eigenvalue weighted by molar-refractivity contribution is 6.28. The molecule has 0 aliphatic heterocycles. The van der Waals surface area contributed by atoms with Gasteiger partial charge in [-0.1, -0.05) is 68.0 Å². The summed E-state index contributed by atoms with van der Waals surface area (Å²) in [5.74, 6) is 0.279. The number of H-pyrrole nitrogens is 1. The number of nitrogens with zero attached hydrogens (tertiary/aromatic N) is 3. The lowest BCUT2D eigenvalue weighted by atomic mass is 9.82. The largest absolute Gasteiger partial charge is 0.334 e. The van der Waals surface area contributed by atoms with Crippen molar-refractivity contribution in [2.24, 2.45) is 0 Å². The van der Waals surface area contributed by atoms with Crippen LogP contribution in [0.2, 0.25) is 5.28 Å². The van der Waals surface area contributed by atoms with E-state index in [1.807, 2.05) is 13.0 Å². The van der Waals surface area contributed by atoms with Crippen LogP contribution in [-0.2, 0) is 0 Å². The third-order valence-electron chi connectivity index (χ3n) is 6.22. The number of fused-ring (bicyclic) bond motifs is 2. The van der Waals surface area contributed by atoms with E-state index in [-0.39, 0.29) is 17.0 Å². The normalized spacial score (nSPS) is 14.6. The minimum atomic E-state index is -0.588. The van der Waals surface area contributed by atoms with Crippen molar-refractivity contribution in [3.8, 4) is 5.82 Å². The van der Waals surface area contributed by atoms with E-state index < -0.39 is 11.2 Å². The van der Waals surface area contributed by atoms with E-state index in [1.165, 1.54) is 16.3 Å². The van der Waals surface area contributed by atoms with Crippen molar-refractivity contribution in [1.82, 2.24) is 19.5 Å². The molecule has 0 radical (unpaired) electrons. The van der Waals surface area contributed by atoms with E-state index in [9.17, 15) is 9.59 Å². The fourth-order valence-electron chi connectivity index (χ4n) is 4.47. The first-order valence-corrected chi connectivity index (χ1v) is 11.5. The Morgan fingerprint density at radius 3 is 2.38 bits per heavy atom. The van der Waals surface area contributed by atoms with Crippen molar-refractivity contribution >= 4 is 23.8 Å². The highest BCUT2D eigenvalue weighted by Gasteiger charge is 2.27. The second-order valence-electron chi connectivity index (χ2n) is 8.84. The fourth-order valence-corrected chi connectivity index (χ4v) is 4.61. The lowest BCUT2D eigenvalue weighted by molar-refractivity contribution is 0.810. The molecule has 1 aliphatic rings. The van der Waals surface area contributed by atoms with Crippen molar-refractivity contribution in [2.75, 3.05) is 0 Å². The molecule has 0 amide bonds. The molecule has 5 rings (SSSR count). The molecule has 0 saturated carbocycles. The van der Waals surface area contributed by atoms with Gasteiger partial charge >= 0.3 is 5.69 Å². The van der Waals surface area contributed by atoms with Crippen LogP contribution >= 0.6 is 11.6 Å². The van der Waals surface area contributed by atoms with Gasteiger partial charge in [-0.2, -0.15) is 4.98 Å². The van der Waals surface area contributed by atoms with Gasteiger partial charge in [0.05, 0.1) is 0 Å². The number of benzene rings is 2. The molecule has 6 nitrogen and oxygen atoms in total. The predicted octanol–water partition coefficient (Wildman–Crippen LogP) is 5.07. The van der Waals surface area contributed by atoms with E-state index in [4.69, 9.17) is 11.6 Å². The highest BCUT2D eigenvalue weighted by atomic mass is 35.5. The van der Waals surface area contributed by atoms with Crippen LogP contribution < -0.4 is 11.2 Å². The summed E-state index contributed by atoms with van der Waals surface area (Å²) in [7, 11) is 0. The quantitative estimate of drug-likeness (QED) is 0.373. The van der Waals surface area contributed by atoms with Crippen LogP contribution in [0.4, 0.5) is 0 Å². The van der Waals surface area contributed by atoms with Crippen molar-refractivity contribution in [2.45, 2.75) is 32.6 Å². The molecule has 0 fully saturated rings. The van der Waals surface area contributed by atoms with Gasteiger partial charge in [-0.25, -0.2) is 9.78 Å². The van der Waals surface area contributed by atoms with E-state index in [0.717, 1.165) is 27.8 Å². The third-order valence-corrected chi connectivity index (χ3v) is 6.41. The Morgan fingerprint density at radius 1 is 0.971 bits per heavy atom. The first-order chi connectivity index (χ1) is 16.3. The van der Waals surface area contributed by atoms with Crippen LogP contribution in [0.3, 0.4) is 0 Å². The van der Waals surface area contributed by atoms with Crippen LogP contribution in [0.15, 0.2) is 64.4 Å². The van der Waals surface area contributed by atoms with E-state index in [1.54, 1.807) is 12.3 Å². The Bertz CT molecular complexity index is 1570. The van der Waals surface area contributed by atoms with Crippen LogP contribution in [0.1, 0.15) is 64.6 Å². The SMILES string of the molecule is Cc1ccc2c(c1)C=Cc1cc(C(C)C)ccc1C2c1cn(-c2ccnc(Cl)n2)c(=O)[nH]c1=O. The van der Waals surface area contributed by atoms with Gasteiger partial charge < -0.3 is 0 Å². The first kappa shape index (κ1) is 22.0. The summed E-state index contributed by atoms with van der Waals surface area (Å²) >= 11 is 5.96. The first-order valence-electron chi connectivity index (χ1n) is 11.1. The van der Waals surface area contributed by atoms with Gasteiger partial charge in [-0.05, 0) is 58.3 Å². The van der Waals surface area contributed by atoms with Crippen molar-refractivity contribution < 1.29 is 0 Å². The number of nitrogens with one attached hydrogen (secondary N) is 1. The van der Waals surface area contributed by atoms with Crippen molar-refractivity contribution in [3.05, 3.63) is 120 Å². The van der Waals surface area contributed by atoms with Crippen LogP contribution in [0.5, 0.6) is 0 Å². The van der Waals surface area contributed by atoms with Gasteiger partial charge in [-0.3, -0.25) is 14.3 Å². The average molecular weight is 471 g/mol. The summed E-state index contributed by atoms with van der Waals surface area (Å²) < 4.78 is 1.30. The number of hydrogen-bond donors (Lipinski definition) is 1. The zero-order valence-electron chi connectivity index (χ0n) is 19.0. The molecule has 7 heteroatoms. The molecule has 0 spiro atoms. The maximum atomic E-state index is 13.2. The monoisotopic (exact) mass is 470 g/mol. The maximum absolute atomic E-state index is 13.2. The Balaban J connectivity index is 1.80. The lowest BCUT2D eigenvalue weighted by Crippen LogP contribution is -2.33. The zero-order chi connectivity index (χ0) is 24.0. The molecule has 2 aromatic heterocycles. The molecule has 2 aromatic carbocycles. The topological polar surface area (TPSA) is 80.6 Å². The van der Waals surface area contributed by atoms with Gasteiger partial charge in [0.1, 0.15) is 5.82 Å². The second-order valence-corrected chi connectivity index (χ2v) is 9.18. The number of aromatic nitrogens is 4. The molecular weight excluding hydrogens is 448 g/mol. The summed E-state index contributed by atoms with van der Waals surface area (Å²) in [6.07, 6.45) is 7.24. The van der Waals surface area contributed by atoms with Crippen LogP contribution in [0, 0.1) is 6.92 Å². The van der Waals surface area contributed by atoms with Gasteiger partial charge in [-0.15, -0.1) is 0 Å². The molecule has 0 saturated heterocycles. The Morgan fingerprint density at radius 2 is 1.68 bits per heavy atom. The summed E-state index contributed by atoms with van der Waals surface area (Å²) in [6, 6.07) is 14.2. The number of aryl methyl sites for hydroxylation is 1. The van der Waals surface area contributed by atoms with Crippen LogP contribution in [0.25, 0.3) is 18.0 Å². The number of aromatic amines is 1. The molecule has 170 valence electrons. The van der Waals surface area contributed by atoms with Crippen molar-refractivity contribution in [3.63, 3.8) is 0 Å². The average Bonchev–Trinajstić information content (AvgIpc) is 2.95. The molecule has 1 N–H and O–H groups in total.